The number of methoxy groups -OCH3 is 1. The van der Waals surface area contributed by atoms with Gasteiger partial charge in [0.1, 0.15) is 0 Å². The Balaban J connectivity index is 2.19. The predicted molar refractivity (Wildman–Crippen MR) is 73.1 cm³/mol. The summed E-state index contributed by atoms with van der Waals surface area (Å²) in [6, 6.07) is 0. The van der Waals surface area contributed by atoms with Crippen molar-refractivity contribution in [2.45, 2.75) is 46.0 Å². The number of allylic oxidation sites excluding steroid dienone is 2. The van der Waals surface area contributed by atoms with Crippen molar-refractivity contribution < 1.29 is 9.53 Å². The van der Waals surface area contributed by atoms with Crippen LogP contribution in [0.5, 0.6) is 0 Å². The summed E-state index contributed by atoms with van der Waals surface area (Å²) >= 11 is 0. The fourth-order valence-corrected chi connectivity index (χ4v) is 3.63. The molecule has 0 aromatic rings. The van der Waals surface area contributed by atoms with Crippen molar-refractivity contribution in [3.63, 3.8) is 0 Å². The van der Waals surface area contributed by atoms with E-state index in [-0.39, 0.29) is 17.3 Å². The van der Waals surface area contributed by atoms with Crippen molar-refractivity contribution in [2.24, 2.45) is 17.3 Å². The average molecular weight is 248 g/mol. The van der Waals surface area contributed by atoms with Crippen molar-refractivity contribution in [1.82, 2.24) is 0 Å². The largest absolute Gasteiger partial charge is 0.466 e. The summed E-state index contributed by atoms with van der Waals surface area (Å²) < 4.78 is 4.80. The molecule has 0 bridgehead atoms. The van der Waals surface area contributed by atoms with Crippen LogP contribution in [-0.4, -0.2) is 13.1 Å². The predicted octanol–water partition coefficient (Wildman–Crippen LogP) is 3.88. The fraction of sp³-hybridized carbons (Fsp3) is 0.688. The van der Waals surface area contributed by atoms with Crippen LogP contribution < -0.4 is 0 Å². The van der Waals surface area contributed by atoms with E-state index in [1.807, 2.05) is 0 Å². The third-order valence-electron chi connectivity index (χ3n) is 5.16. The highest BCUT2D eigenvalue weighted by molar-refractivity contribution is 5.88. The van der Waals surface area contributed by atoms with E-state index < -0.39 is 0 Å². The minimum Gasteiger partial charge on any atom is -0.466 e. The van der Waals surface area contributed by atoms with Crippen LogP contribution in [0.1, 0.15) is 46.0 Å². The molecule has 2 aliphatic rings. The molecule has 0 aliphatic heterocycles. The average Bonchev–Trinajstić information content (AvgIpc) is 2.37. The molecule has 1 fully saturated rings. The smallest absolute Gasteiger partial charge is 0.333 e. The highest BCUT2D eigenvalue weighted by Crippen LogP contribution is 2.52. The number of carbonyl (C=O) groups excluding carboxylic acids is 1. The zero-order valence-corrected chi connectivity index (χ0v) is 11.8. The van der Waals surface area contributed by atoms with Crippen LogP contribution in [0, 0.1) is 17.3 Å². The molecule has 2 aliphatic carbocycles. The van der Waals surface area contributed by atoms with E-state index in [2.05, 4.69) is 26.5 Å². The molecule has 18 heavy (non-hydrogen) atoms. The van der Waals surface area contributed by atoms with Crippen LogP contribution in [0.15, 0.2) is 23.8 Å². The Hall–Kier alpha value is -1.05. The SMILES string of the molecule is C=C(C(=O)OC)C1CC=C2CCCC(C)C2(C)C1. The molecule has 2 heteroatoms. The fourth-order valence-electron chi connectivity index (χ4n) is 3.63. The highest BCUT2D eigenvalue weighted by Gasteiger charge is 2.42. The van der Waals surface area contributed by atoms with E-state index in [4.69, 9.17) is 4.74 Å². The first-order valence-corrected chi connectivity index (χ1v) is 6.95. The normalized spacial score (nSPS) is 35.4. The van der Waals surface area contributed by atoms with Gasteiger partial charge in [0.15, 0.2) is 0 Å². The Kier molecular flexibility index (Phi) is 3.65. The van der Waals surface area contributed by atoms with Gasteiger partial charge in [0.2, 0.25) is 0 Å². The summed E-state index contributed by atoms with van der Waals surface area (Å²) in [5, 5.41) is 0. The number of hydrogen-bond acceptors (Lipinski definition) is 2. The maximum absolute atomic E-state index is 11.6. The Morgan fingerprint density at radius 1 is 1.56 bits per heavy atom. The zero-order chi connectivity index (χ0) is 13.3. The van der Waals surface area contributed by atoms with Crippen molar-refractivity contribution in [1.29, 1.82) is 0 Å². The van der Waals surface area contributed by atoms with Gasteiger partial charge in [-0.3, -0.25) is 0 Å². The molecule has 0 N–H and O–H groups in total. The lowest BCUT2D eigenvalue weighted by atomic mass is 9.58. The maximum Gasteiger partial charge on any atom is 0.333 e. The first-order valence-electron chi connectivity index (χ1n) is 6.95. The zero-order valence-electron chi connectivity index (χ0n) is 11.8. The number of rotatable bonds is 2. The molecular weight excluding hydrogens is 224 g/mol. The first kappa shape index (κ1) is 13.4. The van der Waals surface area contributed by atoms with Crippen LogP contribution in [0.2, 0.25) is 0 Å². The van der Waals surface area contributed by atoms with Gasteiger partial charge < -0.3 is 4.74 Å². The van der Waals surface area contributed by atoms with Crippen LogP contribution in [0.25, 0.3) is 0 Å². The van der Waals surface area contributed by atoms with E-state index in [1.165, 1.54) is 26.4 Å². The third-order valence-corrected chi connectivity index (χ3v) is 5.16. The van der Waals surface area contributed by atoms with Gasteiger partial charge in [-0.15, -0.1) is 0 Å². The Morgan fingerprint density at radius 2 is 2.28 bits per heavy atom. The number of esters is 1. The quantitative estimate of drug-likeness (QED) is 0.421. The molecule has 1 saturated carbocycles. The van der Waals surface area contributed by atoms with Gasteiger partial charge in [-0.25, -0.2) is 4.79 Å². The molecule has 2 rings (SSSR count). The lowest BCUT2D eigenvalue weighted by Gasteiger charge is -2.47. The lowest BCUT2D eigenvalue weighted by molar-refractivity contribution is -0.136. The van der Waals surface area contributed by atoms with E-state index in [0.717, 1.165) is 12.8 Å². The molecule has 0 aromatic heterocycles. The number of ether oxygens (including phenoxy) is 1. The third kappa shape index (κ3) is 2.13. The molecule has 0 spiro atoms. The molecule has 0 amide bonds. The van der Waals surface area contributed by atoms with E-state index >= 15 is 0 Å². The van der Waals surface area contributed by atoms with Gasteiger partial charge in [0.25, 0.3) is 0 Å². The Bertz CT molecular complexity index is 394. The molecule has 100 valence electrons. The van der Waals surface area contributed by atoms with Gasteiger partial charge in [0, 0.05) is 5.57 Å². The molecule has 0 heterocycles. The van der Waals surface area contributed by atoms with Crippen LogP contribution >= 0.6 is 0 Å². The first-order chi connectivity index (χ1) is 8.49. The summed E-state index contributed by atoms with van der Waals surface area (Å²) in [5.41, 5.74) is 2.51. The van der Waals surface area contributed by atoms with Gasteiger partial charge >= 0.3 is 5.97 Å². The van der Waals surface area contributed by atoms with E-state index in [1.54, 1.807) is 5.57 Å². The van der Waals surface area contributed by atoms with Crippen molar-refractivity contribution in [2.75, 3.05) is 7.11 Å². The van der Waals surface area contributed by atoms with Crippen LogP contribution in [-0.2, 0) is 9.53 Å². The standard InChI is InChI=1S/C16H24O2/c1-11-6-5-7-14-9-8-13(10-16(11,14)3)12(2)15(17)18-4/h9,11,13H,2,5-8,10H2,1,3-4H3. The van der Waals surface area contributed by atoms with Crippen molar-refractivity contribution in [3.05, 3.63) is 23.8 Å². The minimum absolute atomic E-state index is 0.246. The molecule has 0 aromatic carbocycles. The van der Waals surface area contributed by atoms with E-state index in [0.29, 0.717) is 11.5 Å². The summed E-state index contributed by atoms with van der Waals surface area (Å²) in [5.74, 6) is 0.710. The van der Waals surface area contributed by atoms with Crippen LogP contribution in [0.4, 0.5) is 0 Å². The van der Waals surface area contributed by atoms with Gasteiger partial charge in [-0.1, -0.05) is 32.1 Å². The second kappa shape index (κ2) is 4.91. The monoisotopic (exact) mass is 248 g/mol. The topological polar surface area (TPSA) is 26.3 Å². The second-order valence-electron chi connectivity index (χ2n) is 6.09. The second-order valence-corrected chi connectivity index (χ2v) is 6.09. The van der Waals surface area contributed by atoms with Gasteiger partial charge in [-0.2, -0.15) is 0 Å². The molecule has 0 radical (unpaired) electrons. The van der Waals surface area contributed by atoms with Gasteiger partial charge in [-0.05, 0) is 49.4 Å². The molecule has 2 nitrogen and oxygen atoms in total. The maximum atomic E-state index is 11.6. The van der Waals surface area contributed by atoms with Crippen molar-refractivity contribution >= 4 is 5.97 Å². The summed E-state index contributed by atoms with van der Waals surface area (Å²) in [4.78, 5) is 11.6. The Morgan fingerprint density at radius 3 is 2.94 bits per heavy atom. The molecular formula is C16H24O2. The number of fused-ring (bicyclic) bond motifs is 1. The summed E-state index contributed by atoms with van der Waals surface area (Å²) in [6.45, 7) is 8.64. The van der Waals surface area contributed by atoms with Crippen LogP contribution in [0.3, 0.4) is 0 Å². The number of carbonyl (C=O) groups is 1. The summed E-state index contributed by atoms with van der Waals surface area (Å²) in [6.07, 6.45) is 8.20. The highest BCUT2D eigenvalue weighted by atomic mass is 16.5. The number of hydrogen-bond donors (Lipinski definition) is 0. The molecule has 3 unspecified atom stereocenters. The minimum atomic E-state index is -0.246. The van der Waals surface area contributed by atoms with Gasteiger partial charge in [0.05, 0.1) is 7.11 Å². The lowest BCUT2D eigenvalue weighted by Crippen LogP contribution is -2.37. The van der Waals surface area contributed by atoms with Crippen molar-refractivity contribution in [3.8, 4) is 0 Å². The Labute approximate surface area is 110 Å². The molecule has 3 atom stereocenters. The van der Waals surface area contributed by atoms with E-state index in [9.17, 15) is 4.79 Å². The summed E-state index contributed by atoms with van der Waals surface area (Å²) in [7, 11) is 1.43. The molecule has 0 saturated heterocycles.